The van der Waals surface area contributed by atoms with Gasteiger partial charge in [-0.05, 0) is 0 Å². The van der Waals surface area contributed by atoms with E-state index in [0.717, 1.165) is 0 Å². The van der Waals surface area contributed by atoms with Gasteiger partial charge < -0.3 is 10.2 Å². The molecule has 6 nitrogen and oxygen atoms in total. The van der Waals surface area contributed by atoms with Crippen LogP contribution in [-0.2, 0) is 0 Å². The van der Waals surface area contributed by atoms with Gasteiger partial charge in [0.15, 0.2) is 0 Å². The molecule has 0 aromatic rings. The average Bonchev–Trinajstić information content (AvgIpc) is 1.61. The maximum Gasteiger partial charge on any atom is 1.00 e. The molecular weight excluding hydrogens is 162 g/mol. The van der Waals surface area contributed by atoms with Crippen LogP contribution >= 0.6 is 0 Å². The zero-order valence-electron chi connectivity index (χ0n) is 5.32. The van der Waals surface area contributed by atoms with E-state index in [2.05, 4.69) is 0 Å². The van der Waals surface area contributed by atoms with E-state index < -0.39 is 10.2 Å². The van der Waals surface area contributed by atoms with Gasteiger partial charge in [0.25, 0.3) is 0 Å². The number of hydrogen-bond acceptors (Lipinski definition) is 6. The Labute approximate surface area is 71.6 Å². The molecule has 0 aromatic carbocycles. The number of aliphatic hydroxyl groups excluding tert-OH is 2. The molecule has 0 atom stereocenters. The molecule has 0 saturated carbocycles. The Bertz CT molecular complexity index is 46.2. The monoisotopic (exact) mass is 168 g/mol. The summed E-state index contributed by atoms with van der Waals surface area (Å²) in [5.41, 5.74) is 0. The zero-order valence-corrected chi connectivity index (χ0v) is 6.08. The summed E-state index contributed by atoms with van der Waals surface area (Å²) in [6.45, 7) is -0.250. The van der Waals surface area contributed by atoms with Gasteiger partial charge in [-0.3, -0.25) is 0 Å². The standard InChI is InChI=1S/C2H6O2.ClHO4.Li/c3-1-2-4;2-1(3,4)5;/h3-4H,1-2H2;(H,2,3,4,5);/q;;+1/p-1. The molecule has 2 N–H and O–H groups in total. The number of halogens is 1. The number of rotatable bonds is 1. The molecule has 0 bridgehead atoms. The Morgan fingerprint density at radius 3 is 1.00 bits per heavy atom. The first-order valence-electron chi connectivity index (χ1n) is 1.75. The molecule has 0 fully saturated rings. The fourth-order valence-electron chi connectivity index (χ4n) is 0. The molecule has 58 valence electrons. The van der Waals surface area contributed by atoms with E-state index in [9.17, 15) is 0 Å². The van der Waals surface area contributed by atoms with Crippen molar-refractivity contribution in [2.45, 2.75) is 0 Å². The van der Waals surface area contributed by atoms with Gasteiger partial charge in [-0.15, -0.1) is 10.2 Å². The van der Waals surface area contributed by atoms with Crippen LogP contribution < -0.4 is 37.5 Å². The Morgan fingerprint density at radius 2 is 1.00 bits per heavy atom. The summed E-state index contributed by atoms with van der Waals surface area (Å²) in [5.74, 6) is 0. The predicted molar refractivity (Wildman–Crippen MR) is 14.2 cm³/mol. The Kier molecular flexibility index (Phi) is 16.3. The first-order valence-corrected chi connectivity index (χ1v) is 2.98. The molecular formula is C2H6ClLiO6. The van der Waals surface area contributed by atoms with Gasteiger partial charge in [0, 0.05) is 0 Å². The van der Waals surface area contributed by atoms with E-state index in [-0.39, 0.29) is 32.1 Å². The van der Waals surface area contributed by atoms with Crippen LogP contribution in [0.5, 0.6) is 0 Å². The van der Waals surface area contributed by atoms with Gasteiger partial charge in [-0.2, -0.15) is 0 Å². The van der Waals surface area contributed by atoms with Crippen LogP contribution in [0, 0.1) is 10.2 Å². The topological polar surface area (TPSA) is 133 Å². The molecule has 0 radical (unpaired) electrons. The maximum atomic E-state index is 8.49. The van der Waals surface area contributed by atoms with Crippen molar-refractivity contribution in [3.8, 4) is 0 Å². The van der Waals surface area contributed by atoms with Crippen LogP contribution in [0.3, 0.4) is 0 Å². The molecule has 10 heavy (non-hydrogen) atoms. The minimum absolute atomic E-state index is 0. The van der Waals surface area contributed by atoms with Gasteiger partial charge in [-0.25, -0.2) is 18.6 Å². The van der Waals surface area contributed by atoms with E-state index in [1.54, 1.807) is 0 Å². The summed E-state index contributed by atoms with van der Waals surface area (Å²) in [7, 11) is -4.94. The molecule has 0 rings (SSSR count). The Morgan fingerprint density at radius 1 is 0.900 bits per heavy atom. The van der Waals surface area contributed by atoms with Crippen molar-refractivity contribution in [2.24, 2.45) is 0 Å². The number of hydrogen-bond donors (Lipinski definition) is 2. The van der Waals surface area contributed by atoms with Crippen LogP contribution in [-0.4, -0.2) is 23.4 Å². The molecule has 0 spiro atoms. The van der Waals surface area contributed by atoms with Gasteiger partial charge in [0.05, 0.1) is 13.2 Å². The van der Waals surface area contributed by atoms with Gasteiger partial charge in [0.1, 0.15) is 0 Å². The third-order valence-corrected chi connectivity index (χ3v) is 0.1000. The van der Waals surface area contributed by atoms with Crippen molar-refractivity contribution >= 4 is 0 Å². The SMILES string of the molecule is OCCO.[Li+].[O-][Cl+3]([O-])([O-])[O-]. The molecule has 0 heterocycles. The van der Waals surface area contributed by atoms with Gasteiger partial charge in [0.2, 0.25) is 0 Å². The quantitative estimate of drug-likeness (QED) is 0.374. The van der Waals surface area contributed by atoms with Crippen LogP contribution in [0.4, 0.5) is 0 Å². The van der Waals surface area contributed by atoms with Crippen molar-refractivity contribution in [1.82, 2.24) is 0 Å². The van der Waals surface area contributed by atoms with Crippen molar-refractivity contribution in [3.05, 3.63) is 0 Å². The third kappa shape index (κ3) is 186. The molecule has 0 amide bonds. The normalized spacial score (nSPS) is 9.00. The van der Waals surface area contributed by atoms with Gasteiger partial charge in [-0.1, -0.05) is 0 Å². The van der Waals surface area contributed by atoms with Crippen molar-refractivity contribution in [2.75, 3.05) is 13.2 Å². The molecule has 0 aromatic heterocycles. The molecule has 0 aliphatic rings. The summed E-state index contributed by atoms with van der Waals surface area (Å²) < 4.78 is 34.0. The first kappa shape index (κ1) is 16.9. The second-order valence-corrected chi connectivity index (χ2v) is 1.58. The van der Waals surface area contributed by atoms with Crippen LogP contribution in [0.25, 0.3) is 0 Å². The van der Waals surface area contributed by atoms with Crippen molar-refractivity contribution in [1.29, 1.82) is 0 Å². The predicted octanol–water partition coefficient (Wildman–Crippen LogP) is -8.78. The van der Waals surface area contributed by atoms with E-state index in [1.165, 1.54) is 0 Å². The van der Waals surface area contributed by atoms with Crippen LogP contribution in [0.15, 0.2) is 0 Å². The Hall–Kier alpha value is 0.647. The van der Waals surface area contributed by atoms with Crippen LogP contribution in [0.2, 0.25) is 0 Å². The molecule has 0 saturated heterocycles. The summed E-state index contributed by atoms with van der Waals surface area (Å²) >= 11 is 0. The summed E-state index contributed by atoms with van der Waals surface area (Å²) in [4.78, 5) is 0. The largest absolute Gasteiger partial charge is 1.00 e. The van der Waals surface area contributed by atoms with E-state index >= 15 is 0 Å². The fraction of sp³-hybridized carbons (Fsp3) is 1.00. The molecule has 0 aliphatic heterocycles. The van der Waals surface area contributed by atoms with Crippen LogP contribution in [0.1, 0.15) is 0 Å². The minimum atomic E-state index is -4.94. The van der Waals surface area contributed by atoms with E-state index in [1.807, 2.05) is 0 Å². The summed E-state index contributed by atoms with van der Waals surface area (Å²) in [6.07, 6.45) is 0. The second kappa shape index (κ2) is 9.65. The first-order chi connectivity index (χ1) is 3.91. The number of aliphatic hydroxyl groups is 2. The van der Waals surface area contributed by atoms with E-state index in [0.29, 0.717) is 0 Å². The molecule has 0 aliphatic carbocycles. The fourth-order valence-corrected chi connectivity index (χ4v) is 0. The van der Waals surface area contributed by atoms with Crippen molar-refractivity contribution < 1.29 is 58.0 Å². The molecule has 8 heteroatoms. The molecule has 0 unspecified atom stereocenters. The third-order valence-electron chi connectivity index (χ3n) is 0.1000. The Balaban J connectivity index is -0.0000000910. The minimum Gasteiger partial charge on any atom is -0.394 e. The zero-order chi connectivity index (χ0) is 7.91. The van der Waals surface area contributed by atoms with E-state index in [4.69, 9.17) is 28.8 Å². The van der Waals surface area contributed by atoms with Crippen molar-refractivity contribution in [3.63, 3.8) is 0 Å². The average molecular weight is 168 g/mol. The maximum absolute atomic E-state index is 8.49. The van der Waals surface area contributed by atoms with Gasteiger partial charge >= 0.3 is 18.9 Å². The smallest absolute Gasteiger partial charge is 0.394 e. The summed E-state index contributed by atoms with van der Waals surface area (Å²) in [5, 5.41) is 15.2. The summed E-state index contributed by atoms with van der Waals surface area (Å²) in [6, 6.07) is 0. The second-order valence-electron chi connectivity index (χ2n) is 0.825.